The molecular formula is C16H13F2N3. The number of nitriles is 1. The Kier molecular flexibility index (Phi) is 3.53. The minimum atomic E-state index is -0.434. The average molecular weight is 285 g/mol. The van der Waals surface area contributed by atoms with Crippen molar-refractivity contribution in [2.24, 2.45) is 0 Å². The Bertz CT molecular complexity index is 692. The van der Waals surface area contributed by atoms with Crippen molar-refractivity contribution in [3.05, 3.63) is 59.4 Å². The monoisotopic (exact) mass is 285 g/mol. The van der Waals surface area contributed by atoms with E-state index in [1.165, 1.54) is 6.07 Å². The third-order valence-electron chi connectivity index (χ3n) is 3.76. The van der Waals surface area contributed by atoms with E-state index in [2.05, 4.69) is 4.98 Å². The van der Waals surface area contributed by atoms with Gasteiger partial charge in [0.15, 0.2) is 0 Å². The Morgan fingerprint density at radius 3 is 2.81 bits per heavy atom. The zero-order chi connectivity index (χ0) is 14.8. The minimum absolute atomic E-state index is 0.199. The molecule has 0 amide bonds. The van der Waals surface area contributed by atoms with Gasteiger partial charge >= 0.3 is 0 Å². The molecule has 1 aromatic heterocycles. The van der Waals surface area contributed by atoms with E-state index in [1.807, 2.05) is 11.0 Å². The lowest BCUT2D eigenvalue weighted by Crippen LogP contribution is -2.23. The third kappa shape index (κ3) is 2.57. The fraction of sp³-hybridized carbons (Fsp3) is 0.250. The molecule has 3 nitrogen and oxygen atoms in total. The van der Waals surface area contributed by atoms with E-state index in [0.29, 0.717) is 11.3 Å². The molecular weight excluding hydrogens is 272 g/mol. The topological polar surface area (TPSA) is 39.9 Å². The molecule has 2 heterocycles. The van der Waals surface area contributed by atoms with Crippen molar-refractivity contribution in [3.8, 4) is 6.07 Å². The van der Waals surface area contributed by atoms with Crippen LogP contribution in [0, 0.1) is 23.0 Å². The first-order valence-electron chi connectivity index (χ1n) is 6.77. The van der Waals surface area contributed by atoms with Crippen LogP contribution in [0.2, 0.25) is 0 Å². The van der Waals surface area contributed by atoms with Crippen molar-refractivity contribution in [1.82, 2.24) is 4.98 Å². The van der Waals surface area contributed by atoms with Crippen LogP contribution in [-0.2, 0) is 0 Å². The normalized spacial score (nSPS) is 17.8. The summed E-state index contributed by atoms with van der Waals surface area (Å²) in [5, 5.41) is 8.77. The predicted octanol–water partition coefficient (Wildman–Crippen LogP) is 3.57. The Hall–Kier alpha value is -2.48. The molecule has 0 aliphatic carbocycles. The molecule has 1 aromatic carbocycles. The van der Waals surface area contributed by atoms with E-state index in [9.17, 15) is 8.78 Å². The molecule has 0 saturated carbocycles. The molecule has 0 bridgehead atoms. The highest BCUT2D eigenvalue weighted by molar-refractivity contribution is 5.50. The first kappa shape index (κ1) is 13.5. The van der Waals surface area contributed by atoms with Crippen molar-refractivity contribution in [1.29, 1.82) is 5.26 Å². The molecule has 1 aliphatic rings. The quantitative estimate of drug-likeness (QED) is 0.846. The van der Waals surface area contributed by atoms with Crippen molar-refractivity contribution >= 4 is 5.69 Å². The zero-order valence-corrected chi connectivity index (χ0v) is 11.3. The van der Waals surface area contributed by atoms with Gasteiger partial charge in [0.25, 0.3) is 0 Å². The molecule has 3 rings (SSSR count). The first-order chi connectivity index (χ1) is 10.2. The number of anilines is 1. The lowest BCUT2D eigenvalue weighted by molar-refractivity contribution is 0.561. The van der Waals surface area contributed by atoms with Crippen LogP contribution in [0.15, 0.2) is 36.5 Å². The number of nitrogens with zero attached hydrogens (tertiary/aromatic N) is 3. The molecule has 0 spiro atoms. The van der Waals surface area contributed by atoms with Gasteiger partial charge in [-0.05, 0) is 43.2 Å². The lowest BCUT2D eigenvalue weighted by Gasteiger charge is -2.27. The van der Waals surface area contributed by atoms with Crippen LogP contribution in [-0.4, -0.2) is 11.5 Å². The Morgan fingerprint density at radius 2 is 2.10 bits per heavy atom. The Balaban J connectivity index is 1.95. The van der Waals surface area contributed by atoms with Gasteiger partial charge in [0, 0.05) is 12.1 Å². The number of hydrogen-bond donors (Lipinski definition) is 0. The van der Waals surface area contributed by atoms with E-state index >= 15 is 0 Å². The Labute approximate surface area is 121 Å². The molecule has 21 heavy (non-hydrogen) atoms. The number of rotatable bonds is 2. The van der Waals surface area contributed by atoms with Crippen molar-refractivity contribution in [2.45, 2.75) is 18.9 Å². The van der Waals surface area contributed by atoms with Gasteiger partial charge in [-0.25, -0.2) is 13.8 Å². The molecule has 1 aliphatic heterocycles. The fourth-order valence-corrected chi connectivity index (χ4v) is 2.79. The van der Waals surface area contributed by atoms with Gasteiger partial charge in [-0.2, -0.15) is 5.26 Å². The number of pyridine rings is 1. The summed E-state index contributed by atoms with van der Waals surface area (Å²) in [6.07, 6.45) is 3.27. The van der Waals surface area contributed by atoms with Gasteiger partial charge < -0.3 is 4.90 Å². The van der Waals surface area contributed by atoms with Crippen LogP contribution in [0.3, 0.4) is 0 Å². The molecule has 1 saturated heterocycles. The van der Waals surface area contributed by atoms with Crippen LogP contribution in [0.5, 0.6) is 0 Å². The van der Waals surface area contributed by atoms with E-state index < -0.39 is 11.6 Å². The predicted molar refractivity (Wildman–Crippen MR) is 74.6 cm³/mol. The maximum atomic E-state index is 14.0. The fourth-order valence-electron chi connectivity index (χ4n) is 2.79. The second kappa shape index (κ2) is 5.49. The highest BCUT2D eigenvalue weighted by Gasteiger charge is 2.28. The average Bonchev–Trinajstić information content (AvgIpc) is 2.99. The number of aromatic nitrogens is 1. The summed E-state index contributed by atoms with van der Waals surface area (Å²) < 4.78 is 27.4. The lowest BCUT2D eigenvalue weighted by atomic mass is 10.0. The number of hydrogen-bond acceptors (Lipinski definition) is 3. The highest BCUT2D eigenvalue weighted by atomic mass is 19.1. The summed E-state index contributed by atoms with van der Waals surface area (Å²) in [6, 6.07) is 8.74. The zero-order valence-electron chi connectivity index (χ0n) is 11.3. The van der Waals surface area contributed by atoms with Crippen LogP contribution < -0.4 is 4.90 Å². The van der Waals surface area contributed by atoms with Crippen molar-refractivity contribution in [3.63, 3.8) is 0 Å². The summed E-state index contributed by atoms with van der Waals surface area (Å²) in [5.41, 5.74) is 1.53. The third-order valence-corrected chi connectivity index (χ3v) is 3.76. The molecule has 1 atom stereocenters. The summed E-state index contributed by atoms with van der Waals surface area (Å²) >= 11 is 0. The summed E-state index contributed by atoms with van der Waals surface area (Å²) in [7, 11) is 0. The molecule has 106 valence electrons. The Morgan fingerprint density at radius 1 is 1.24 bits per heavy atom. The molecule has 5 heteroatoms. The van der Waals surface area contributed by atoms with E-state index in [1.54, 1.807) is 18.3 Å². The molecule has 2 aromatic rings. The SMILES string of the molecule is N#Cc1ccc(N2CCC[C@@H]2c2cc(F)ccc2F)cn1. The van der Waals surface area contributed by atoms with Gasteiger partial charge in [-0.3, -0.25) is 0 Å². The minimum Gasteiger partial charge on any atom is -0.363 e. The van der Waals surface area contributed by atoms with Gasteiger partial charge in [-0.15, -0.1) is 0 Å². The van der Waals surface area contributed by atoms with Gasteiger partial charge in [0.2, 0.25) is 0 Å². The molecule has 1 fully saturated rings. The van der Waals surface area contributed by atoms with E-state index in [0.717, 1.165) is 37.2 Å². The summed E-state index contributed by atoms with van der Waals surface area (Å²) in [4.78, 5) is 6.05. The van der Waals surface area contributed by atoms with Gasteiger partial charge in [0.05, 0.1) is 17.9 Å². The summed E-state index contributed by atoms with van der Waals surface area (Å²) in [6.45, 7) is 0.758. The first-order valence-corrected chi connectivity index (χ1v) is 6.77. The highest BCUT2D eigenvalue weighted by Crippen LogP contribution is 2.37. The standard InChI is InChI=1S/C16H13F2N3/c17-11-3-6-15(18)14(8-11)16-2-1-7-21(16)13-5-4-12(9-19)20-10-13/h3-6,8,10,16H,1-2,7H2/t16-/m1/s1. The largest absolute Gasteiger partial charge is 0.363 e. The molecule has 0 N–H and O–H groups in total. The van der Waals surface area contributed by atoms with Crippen LogP contribution >= 0.6 is 0 Å². The van der Waals surface area contributed by atoms with Crippen LogP contribution in [0.4, 0.5) is 14.5 Å². The van der Waals surface area contributed by atoms with Crippen molar-refractivity contribution in [2.75, 3.05) is 11.4 Å². The maximum Gasteiger partial charge on any atom is 0.140 e. The number of benzene rings is 1. The van der Waals surface area contributed by atoms with Gasteiger partial charge in [-0.1, -0.05) is 0 Å². The van der Waals surface area contributed by atoms with E-state index in [4.69, 9.17) is 5.26 Å². The van der Waals surface area contributed by atoms with Crippen LogP contribution in [0.1, 0.15) is 30.1 Å². The smallest absolute Gasteiger partial charge is 0.140 e. The van der Waals surface area contributed by atoms with Crippen molar-refractivity contribution < 1.29 is 8.78 Å². The van der Waals surface area contributed by atoms with E-state index in [-0.39, 0.29) is 6.04 Å². The molecule has 0 radical (unpaired) electrons. The second-order valence-corrected chi connectivity index (χ2v) is 5.03. The molecule has 0 unspecified atom stereocenters. The second-order valence-electron chi connectivity index (χ2n) is 5.03. The number of halogens is 2. The van der Waals surface area contributed by atoms with Gasteiger partial charge in [0.1, 0.15) is 23.4 Å². The van der Waals surface area contributed by atoms with Crippen LogP contribution in [0.25, 0.3) is 0 Å². The summed E-state index contributed by atoms with van der Waals surface area (Å²) in [5.74, 6) is -0.828. The maximum absolute atomic E-state index is 14.0.